The topological polar surface area (TPSA) is 46.9 Å². The van der Waals surface area contributed by atoms with E-state index < -0.39 is 0 Å². The van der Waals surface area contributed by atoms with E-state index in [2.05, 4.69) is 36.4 Å². The molecule has 1 amide bonds. The van der Waals surface area contributed by atoms with Gasteiger partial charge in [-0.2, -0.15) is 5.10 Å². The Kier molecular flexibility index (Phi) is 3.78. The highest BCUT2D eigenvalue weighted by Gasteiger charge is 2.27. The molecule has 110 valence electrons. The quantitative estimate of drug-likeness (QED) is 0.917. The molecule has 1 aromatic carbocycles. The van der Waals surface area contributed by atoms with Crippen LogP contribution in [0.3, 0.4) is 0 Å². The van der Waals surface area contributed by atoms with Gasteiger partial charge in [0.05, 0.1) is 24.0 Å². The summed E-state index contributed by atoms with van der Waals surface area (Å²) in [6.45, 7) is 4.91. The van der Waals surface area contributed by atoms with E-state index in [1.54, 1.807) is 6.20 Å². The monoisotopic (exact) mass is 283 g/mol. The maximum Gasteiger partial charge on any atom is 0.254 e. The van der Waals surface area contributed by atoms with Crippen molar-refractivity contribution in [2.75, 3.05) is 0 Å². The molecule has 0 aliphatic heterocycles. The van der Waals surface area contributed by atoms with Crippen molar-refractivity contribution in [3.05, 3.63) is 53.3 Å². The van der Waals surface area contributed by atoms with Gasteiger partial charge in [0.1, 0.15) is 0 Å². The fourth-order valence-corrected chi connectivity index (χ4v) is 2.55. The molecule has 0 bridgehead atoms. The average Bonchev–Trinajstić information content (AvgIpc) is 3.17. The van der Waals surface area contributed by atoms with Crippen molar-refractivity contribution in [3.63, 3.8) is 0 Å². The standard InChI is InChI=1S/C17H21N3O/c1-12(2)16-15(17(21)19-14-8-9-14)10-18-20(16)11-13-6-4-3-5-7-13/h3-7,10,12,14H,8-9,11H2,1-2H3,(H,19,21). The Morgan fingerprint density at radius 1 is 1.33 bits per heavy atom. The summed E-state index contributed by atoms with van der Waals surface area (Å²) in [4.78, 5) is 12.3. The van der Waals surface area contributed by atoms with Crippen molar-refractivity contribution in [3.8, 4) is 0 Å². The first kappa shape index (κ1) is 13.9. The van der Waals surface area contributed by atoms with Crippen LogP contribution in [0.5, 0.6) is 0 Å². The van der Waals surface area contributed by atoms with Crippen molar-refractivity contribution in [2.45, 2.75) is 45.2 Å². The zero-order valence-electron chi connectivity index (χ0n) is 12.5. The number of amides is 1. The molecule has 0 unspecified atom stereocenters. The summed E-state index contributed by atoms with van der Waals surface area (Å²) in [7, 11) is 0. The molecule has 1 aliphatic carbocycles. The van der Waals surface area contributed by atoms with Crippen LogP contribution in [0.25, 0.3) is 0 Å². The van der Waals surface area contributed by atoms with E-state index in [0.717, 1.165) is 18.5 Å². The van der Waals surface area contributed by atoms with E-state index in [1.807, 2.05) is 22.9 Å². The Balaban J connectivity index is 1.86. The van der Waals surface area contributed by atoms with Gasteiger partial charge >= 0.3 is 0 Å². The second-order valence-electron chi connectivity index (χ2n) is 5.99. The number of nitrogens with one attached hydrogen (secondary N) is 1. The molecule has 1 saturated carbocycles. The Morgan fingerprint density at radius 3 is 2.67 bits per heavy atom. The van der Waals surface area contributed by atoms with Crippen molar-refractivity contribution < 1.29 is 4.79 Å². The second-order valence-corrected chi connectivity index (χ2v) is 5.99. The zero-order chi connectivity index (χ0) is 14.8. The molecule has 3 rings (SSSR count). The van der Waals surface area contributed by atoms with Crippen LogP contribution in [0, 0.1) is 0 Å². The summed E-state index contributed by atoms with van der Waals surface area (Å²) in [6.07, 6.45) is 3.90. The van der Waals surface area contributed by atoms with Crippen molar-refractivity contribution in [1.82, 2.24) is 15.1 Å². The molecule has 1 aromatic heterocycles. The van der Waals surface area contributed by atoms with E-state index in [4.69, 9.17) is 0 Å². The highest BCUT2D eigenvalue weighted by Crippen LogP contribution is 2.23. The van der Waals surface area contributed by atoms with E-state index in [0.29, 0.717) is 18.2 Å². The predicted octanol–water partition coefficient (Wildman–Crippen LogP) is 2.95. The molecule has 1 fully saturated rings. The smallest absolute Gasteiger partial charge is 0.254 e. The summed E-state index contributed by atoms with van der Waals surface area (Å²) < 4.78 is 1.95. The Bertz CT molecular complexity index is 627. The summed E-state index contributed by atoms with van der Waals surface area (Å²) in [5, 5.41) is 7.49. The first-order chi connectivity index (χ1) is 10.1. The minimum atomic E-state index is 0.0144. The largest absolute Gasteiger partial charge is 0.349 e. The lowest BCUT2D eigenvalue weighted by atomic mass is 10.0. The van der Waals surface area contributed by atoms with Crippen LogP contribution in [0.4, 0.5) is 0 Å². The summed E-state index contributed by atoms with van der Waals surface area (Å²) in [6, 6.07) is 10.6. The summed E-state index contributed by atoms with van der Waals surface area (Å²) in [5.41, 5.74) is 2.92. The SMILES string of the molecule is CC(C)c1c(C(=O)NC2CC2)cnn1Cc1ccccc1. The molecule has 4 nitrogen and oxygen atoms in total. The van der Waals surface area contributed by atoms with E-state index in [9.17, 15) is 4.79 Å². The summed E-state index contributed by atoms with van der Waals surface area (Å²) >= 11 is 0. The Labute approximate surface area is 125 Å². The van der Waals surface area contributed by atoms with Gasteiger partial charge < -0.3 is 5.32 Å². The molecule has 1 heterocycles. The third-order valence-electron chi connectivity index (χ3n) is 3.76. The van der Waals surface area contributed by atoms with Gasteiger partial charge in [0, 0.05) is 6.04 Å². The second kappa shape index (κ2) is 5.72. The number of carbonyl (C=O) groups excluding carboxylic acids is 1. The minimum absolute atomic E-state index is 0.0144. The average molecular weight is 283 g/mol. The molecule has 0 radical (unpaired) electrons. The van der Waals surface area contributed by atoms with E-state index in [1.165, 1.54) is 5.56 Å². The third kappa shape index (κ3) is 3.15. The zero-order valence-corrected chi connectivity index (χ0v) is 12.5. The van der Waals surface area contributed by atoms with Crippen LogP contribution < -0.4 is 5.32 Å². The van der Waals surface area contributed by atoms with Crippen molar-refractivity contribution in [1.29, 1.82) is 0 Å². The number of nitrogens with zero attached hydrogens (tertiary/aromatic N) is 2. The molecule has 21 heavy (non-hydrogen) atoms. The lowest BCUT2D eigenvalue weighted by Gasteiger charge is -2.13. The minimum Gasteiger partial charge on any atom is -0.349 e. The number of rotatable bonds is 5. The maximum atomic E-state index is 12.3. The van der Waals surface area contributed by atoms with Crippen LogP contribution >= 0.6 is 0 Å². The van der Waals surface area contributed by atoms with Crippen molar-refractivity contribution in [2.24, 2.45) is 0 Å². The van der Waals surface area contributed by atoms with Gasteiger partial charge in [-0.25, -0.2) is 0 Å². The van der Waals surface area contributed by atoms with E-state index >= 15 is 0 Å². The molecule has 0 saturated heterocycles. The predicted molar refractivity (Wildman–Crippen MR) is 82.3 cm³/mol. The van der Waals surface area contributed by atoms with E-state index in [-0.39, 0.29) is 11.8 Å². The molecule has 0 spiro atoms. The van der Waals surface area contributed by atoms with Gasteiger partial charge in [0.15, 0.2) is 0 Å². The number of hydrogen-bond acceptors (Lipinski definition) is 2. The van der Waals surface area contributed by atoms with Crippen LogP contribution in [-0.4, -0.2) is 21.7 Å². The van der Waals surface area contributed by atoms with Gasteiger partial charge in [-0.1, -0.05) is 44.2 Å². The first-order valence-corrected chi connectivity index (χ1v) is 7.55. The number of hydrogen-bond donors (Lipinski definition) is 1. The highest BCUT2D eigenvalue weighted by molar-refractivity contribution is 5.95. The number of aromatic nitrogens is 2. The van der Waals surface area contributed by atoms with Gasteiger partial charge in [0.2, 0.25) is 0 Å². The van der Waals surface area contributed by atoms with Crippen LogP contribution in [0.2, 0.25) is 0 Å². The molecule has 0 atom stereocenters. The molecular formula is C17H21N3O. The molecule has 4 heteroatoms. The van der Waals surface area contributed by atoms with Crippen LogP contribution in [-0.2, 0) is 6.54 Å². The maximum absolute atomic E-state index is 12.3. The number of carbonyl (C=O) groups is 1. The lowest BCUT2D eigenvalue weighted by Crippen LogP contribution is -2.26. The molecule has 1 aliphatic rings. The Morgan fingerprint density at radius 2 is 2.05 bits per heavy atom. The van der Waals surface area contributed by atoms with Crippen LogP contribution in [0.15, 0.2) is 36.5 Å². The molecular weight excluding hydrogens is 262 g/mol. The normalized spacial score (nSPS) is 14.4. The summed E-state index contributed by atoms with van der Waals surface area (Å²) in [5.74, 6) is 0.275. The Hall–Kier alpha value is -2.10. The first-order valence-electron chi connectivity index (χ1n) is 7.55. The molecule has 2 aromatic rings. The highest BCUT2D eigenvalue weighted by atomic mass is 16.1. The number of benzene rings is 1. The third-order valence-corrected chi connectivity index (χ3v) is 3.76. The lowest BCUT2D eigenvalue weighted by molar-refractivity contribution is 0.0949. The fraction of sp³-hybridized carbons (Fsp3) is 0.412. The molecule has 1 N–H and O–H groups in total. The van der Waals surface area contributed by atoms with Gasteiger partial charge in [-0.15, -0.1) is 0 Å². The fourth-order valence-electron chi connectivity index (χ4n) is 2.55. The van der Waals surface area contributed by atoms with Gasteiger partial charge in [0.25, 0.3) is 5.91 Å². The van der Waals surface area contributed by atoms with Crippen LogP contribution in [0.1, 0.15) is 54.2 Å². The van der Waals surface area contributed by atoms with Crippen molar-refractivity contribution >= 4 is 5.91 Å². The van der Waals surface area contributed by atoms with Gasteiger partial charge in [-0.3, -0.25) is 9.48 Å². The van der Waals surface area contributed by atoms with Gasteiger partial charge in [-0.05, 0) is 24.3 Å².